The monoisotopic (exact) mass is 355 g/mol. The van der Waals surface area contributed by atoms with Crippen LogP contribution in [0.3, 0.4) is 0 Å². The van der Waals surface area contributed by atoms with E-state index in [4.69, 9.17) is 4.42 Å². The molecule has 0 aliphatic carbocycles. The van der Waals surface area contributed by atoms with Gasteiger partial charge in [-0.3, -0.25) is 19.0 Å². The molecule has 0 fully saturated rings. The van der Waals surface area contributed by atoms with E-state index >= 15 is 0 Å². The normalized spacial score (nSPS) is 11.9. The van der Waals surface area contributed by atoms with E-state index in [9.17, 15) is 14.4 Å². The van der Waals surface area contributed by atoms with Crippen molar-refractivity contribution in [1.29, 1.82) is 0 Å². The molecule has 9 heteroatoms. The molecule has 3 aromatic rings. The van der Waals surface area contributed by atoms with Crippen molar-refractivity contribution < 1.29 is 9.21 Å². The Morgan fingerprint density at radius 3 is 2.81 bits per heavy atom. The fraction of sp³-hybridized carbons (Fsp3) is 0.235. The maximum atomic E-state index is 12.3. The Labute approximate surface area is 147 Å². The number of hydrogen-bond acceptors (Lipinski definition) is 6. The summed E-state index contributed by atoms with van der Waals surface area (Å²) >= 11 is 0. The summed E-state index contributed by atoms with van der Waals surface area (Å²) in [6.07, 6.45) is 4.31. The molecule has 0 bridgehead atoms. The van der Waals surface area contributed by atoms with Crippen molar-refractivity contribution >= 4 is 5.91 Å². The summed E-state index contributed by atoms with van der Waals surface area (Å²) in [7, 11) is 0. The van der Waals surface area contributed by atoms with Crippen molar-refractivity contribution in [3.63, 3.8) is 0 Å². The Balaban J connectivity index is 1.68. The third-order valence-corrected chi connectivity index (χ3v) is 3.79. The number of rotatable bonds is 6. The maximum absolute atomic E-state index is 12.3. The van der Waals surface area contributed by atoms with Gasteiger partial charge < -0.3 is 9.73 Å². The molecular formula is C17H17N5O4. The van der Waals surface area contributed by atoms with Crippen LogP contribution in [0.25, 0.3) is 11.5 Å². The minimum Gasteiger partial charge on any atom is -0.463 e. The van der Waals surface area contributed by atoms with E-state index in [0.29, 0.717) is 11.5 Å². The zero-order chi connectivity index (χ0) is 18.5. The van der Waals surface area contributed by atoms with E-state index in [1.54, 1.807) is 19.1 Å². The van der Waals surface area contributed by atoms with Crippen molar-refractivity contribution in [2.45, 2.75) is 19.5 Å². The standard InChI is InChI=1S/C17H17N5O4/c1-12(17(25)19-8-9-21-11-18-7-6-15(21)23)22-16(24)5-4-13(20-22)14-3-2-10-26-14/h2-7,10-12H,8-9H2,1H3,(H,19,25). The van der Waals surface area contributed by atoms with Gasteiger partial charge in [-0.05, 0) is 25.1 Å². The number of carbonyl (C=O) groups is 1. The summed E-state index contributed by atoms with van der Waals surface area (Å²) in [6.45, 7) is 2.08. The number of furan rings is 1. The fourth-order valence-electron chi connectivity index (χ4n) is 2.36. The van der Waals surface area contributed by atoms with Gasteiger partial charge in [-0.15, -0.1) is 0 Å². The number of nitrogens with zero attached hydrogens (tertiary/aromatic N) is 4. The molecule has 1 amide bonds. The average Bonchev–Trinajstić information content (AvgIpc) is 3.18. The van der Waals surface area contributed by atoms with E-state index in [1.165, 1.54) is 41.6 Å². The van der Waals surface area contributed by atoms with Gasteiger partial charge in [0.1, 0.15) is 11.7 Å². The van der Waals surface area contributed by atoms with Crippen molar-refractivity contribution in [3.8, 4) is 11.5 Å². The molecule has 1 N–H and O–H groups in total. The SMILES string of the molecule is CC(C(=O)NCCn1cnccc1=O)n1nc(-c2ccco2)ccc1=O. The second-order valence-electron chi connectivity index (χ2n) is 5.56. The third kappa shape index (κ3) is 3.77. The minimum absolute atomic E-state index is 0.202. The van der Waals surface area contributed by atoms with Crippen LogP contribution in [0, 0.1) is 0 Å². The van der Waals surface area contributed by atoms with Crippen molar-refractivity contribution in [2.24, 2.45) is 0 Å². The summed E-state index contributed by atoms with van der Waals surface area (Å²) in [5.74, 6) is 0.121. The molecule has 0 saturated carbocycles. The van der Waals surface area contributed by atoms with Crippen molar-refractivity contribution in [1.82, 2.24) is 24.6 Å². The first-order chi connectivity index (χ1) is 12.6. The van der Waals surface area contributed by atoms with E-state index in [1.807, 2.05) is 0 Å². The van der Waals surface area contributed by atoms with E-state index < -0.39 is 11.6 Å². The second kappa shape index (κ2) is 7.60. The van der Waals surface area contributed by atoms with Crippen molar-refractivity contribution in [2.75, 3.05) is 6.54 Å². The number of aromatic nitrogens is 4. The van der Waals surface area contributed by atoms with E-state index in [2.05, 4.69) is 15.4 Å². The Kier molecular flexibility index (Phi) is 5.07. The molecule has 1 unspecified atom stereocenters. The van der Waals surface area contributed by atoms with Crippen LogP contribution in [0.15, 0.2) is 63.1 Å². The molecule has 3 rings (SSSR count). The molecule has 3 aromatic heterocycles. The third-order valence-electron chi connectivity index (χ3n) is 3.79. The first-order valence-corrected chi connectivity index (χ1v) is 7.98. The molecule has 9 nitrogen and oxygen atoms in total. The average molecular weight is 355 g/mol. The van der Waals surface area contributed by atoms with Crippen LogP contribution in [0.4, 0.5) is 0 Å². The van der Waals surface area contributed by atoms with E-state index in [0.717, 1.165) is 4.68 Å². The number of nitrogens with one attached hydrogen (secondary N) is 1. The Morgan fingerprint density at radius 2 is 2.08 bits per heavy atom. The number of hydrogen-bond donors (Lipinski definition) is 1. The lowest BCUT2D eigenvalue weighted by atomic mass is 10.3. The van der Waals surface area contributed by atoms with Gasteiger partial charge in [-0.1, -0.05) is 0 Å². The summed E-state index contributed by atoms with van der Waals surface area (Å²) in [5, 5.41) is 6.89. The lowest BCUT2D eigenvalue weighted by molar-refractivity contribution is -0.124. The molecule has 0 aromatic carbocycles. The highest BCUT2D eigenvalue weighted by molar-refractivity contribution is 5.79. The molecule has 0 spiro atoms. The van der Waals surface area contributed by atoms with Gasteiger partial charge in [0.05, 0.1) is 12.6 Å². The summed E-state index contributed by atoms with van der Waals surface area (Å²) < 4.78 is 7.75. The first-order valence-electron chi connectivity index (χ1n) is 7.98. The summed E-state index contributed by atoms with van der Waals surface area (Å²) in [5.41, 5.74) is -0.145. The van der Waals surface area contributed by atoms with Crippen LogP contribution in [0.1, 0.15) is 13.0 Å². The largest absolute Gasteiger partial charge is 0.463 e. The van der Waals surface area contributed by atoms with E-state index in [-0.39, 0.29) is 24.6 Å². The lowest BCUT2D eigenvalue weighted by Crippen LogP contribution is -2.38. The smallest absolute Gasteiger partial charge is 0.267 e. The second-order valence-corrected chi connectivity index (χ2v) is 5.56. The molecule has 0 saturated heterocycles. The highest BCUT2D eigenvalue weighted by Gasteiger charge is 2.18. The highest BCUT2D eigenvalue weighted by atomic mass is 16.3. The van der Waals surface area contributed by atoms with Gasteiger partial charge in [0.25, 0.3) is 11.1 Å². The van der Waals surface area contributed by atoms with Gasteiger partial charge in [-0.2, -0.15) is 5.10 Å². The number of amides is 1. The Bertz CT molecular complexity index is 1010. The molecular weight excluding hydrogens is 338 g/mol. The van der Waals surface area contributed by atoms with Gasteiger partial charge in [0.15, 0.2) is 5.76 Å². The van der Waals surface area contributed by atoms with Crippen LogP contribution in [0.5, 0.6) is 0 Å². The predicted molar refractivity (Wildman–Crippen MR) is 92.4 cm³/mol. The quantitative estimate of drug-likeness (QED) is 0.686. The maximum Gasteiger partial charge on any atom is 0.267 e. The topological polar surface area (TPSA) is 112 Å². The zero-order valence-electron chi connectivity index (χ0n) is 14.0. The molecule has 1 atom stereocenters. The first kappa shape index (κ1) is 17.3. The molecule has 0 aliphatic rings. The molecule has 134 valence electrons. The molecule has 0 radical (unpaired) electrons. The van der Waals surface area contributed by atoms with Gasteiger partial charge >= 0.3 is 0 Å². The molecule has 3 heterocycles. The molecule has 26 heavy (non-hydrogen) atoms. The predicted octanol–water partition coefficient (Wildman–Crippen LogP) is 0.437. The van der Waals surface area contributed by atoms with Crippen LogP contribution < -0.4 is 16.4 Å². The van der Waals surface area contributed by atoms with Gasteiger partial charge in [-0.25, -0.2) is 9.67 Å². The number of carbonyl (C=O) groups excluding carboxylic acids is 1. The fourth-order valence-corrected chi connectivity index (χ4v) is 2.36. The van der Waals surface area contributed by atoms with Crippen LogP contribution >= 0.6 is 0 Å². The van der Waals surface area contributed by atoms with Gasteiger partial charge in [0, 0.05) is 31.4 Å². The highest BCUT2D eigenvalue weighted by Crippen LogP contribution is 2.16. The minimum atomic E-state index is -0.817. The summed E-state index contributed by atoms with van der Waals surface area (Å²) in [6, 6.07) is 6.83. The zero-order valence-corrected chi connectivity index (χ0v) is 14.0. The molecule has 0 aliphatic heterocycles. The summed E-state index contributed by atoms with van der Waals surface area (Å²) in [4.78, 5) is 39.8. The van der Waals surface area contributed by atoms with Crippen LogP contribution in [-0.4, -0.2) is 31.8 Å². The van der Waals surface area contributed by atoms with Gasteiger partial charge in [0.2, 0.25) is 5.91 Å². The van der Waals surface area contributed by atoms with Crippen molar-refractivity contribution in [3.05, 3.63) is 69.8 Å². The Morgan fingerprint density at radius 1 is 1.23 bits per heavy atom. The Hall–Kier alpha value is -3.49. The van der Waals surface area contributed by atoms with Crippen LogP contribution in [0.2, 0.25) is 0 Å². The van der Waals surface area contributed by atoms with Crippen LogP contribution in [-0.2, 0) is 11.3 Å². The lowest BCUT2D eigenvalue weighted by Gasteiger charge is -2.14.